The summed E-state index contributed by atoms with van der Waals surface area (Å²) in [5, 5.41) is 9.04. The average Bonchev–Trinajstić information content (AvgIpc) is 2.46. The summed E-state index contributed by atoms with van der Waals surface area (Å²) in [6, 6.07) is 3.65. The number of anilines is 1. The van der Waals surface area contributed by atoms with Gasteiger partial charge in [0.25, 0.3) is 0 Å². The minimum Gasteiger partial charge on any atom is -0.478 e. The molecular weight excluding hydrogens is 246 g/mol. The topological polar surface area (TPSA) is 40.5 Å². The molecule has 0 bridgehead atoms. The smallest absolute Gasteiger partial charge is 0.337 e. The van der Waals surface area contributed by atoms with E-state index in [0.29, 0.717) is 5.56 Å². The Kier molecular flexibility index (Phi) is 2.23. The number of hydrogen-bond acceptors (Lipinski definition) is 2. The van der Waals surface area contributed by atoms with Gasteiger partial charge in [-0.3, -0.25) is 0 Å². The highest BCUT2D eigenvalue weighted by Crippen LogP contribution is 2.33. The lowest BCUT2D eigenvalue weighted by Gasteiger charge is -2.14. The Bertz CT molecular complexity index is 403. The molecule has 0 atom stereocenters. The fourth-order valence-electron chi connectivity index (χ4n) is 1.86. The quantitative estimate of drug-likeness (QED) is 0.836. The molecule has 1 aromatic rings. The second-order valence-electron chi connectivity index (χ2n) is 3.44. The van der Waals surface area contributed by atoms with Crippen molar-refractivity contribution in [2.75, 3.05) is 18.5 Å². The van der Waals surface area contributed by atoms with Crippen LogP contribution in [0.2, 0.25) is 0 Å². The fourth-order valence-corrected chi connectivity index (χ4v) is 2.37. The van der Waals surface area contributed by atoms with Gasteiger partial charge in [0, 0.05) is 18.1 Å². The van der Waals surface area contributed by atoms with Crippen molar-refractivity contribution in [2.45, 2.75) is 6.42 Å². The number of nitrogens with zero attached hydrogens (tertiary/aromatic N) is 1. The molecule has 4 heteroatoms. The molecule has 0 saturated heterocycles. The van der Waals surface area contributed by atoms with Crippen LogP contribution < -0.4 is 4.90 Å². The van der Waals surface area contributed by atoms with Gasteiger partial charge >= 0.3 is 5.97 Å². The molecule has 1 aromatic carbocycles. The van der Waals surface area contributed by atoms with E-state index in [-0.39, 0.29) is 0 Å². The zero-order valence-corrected chi connectivity index (χ0v) is 9.34. The van der Waals surface area contributed by atoms with Crippen LogP contribution >= 0.6 is 15.9 Å². The minimum atomic E-state index is -0.865. The van der Waals surface area contributed by atoms with Crippen LogP contribution in [0.4, 0.5) is 5.69 Å². The Labute approximate surface area is 90.5 Å². The van der Waals surface area contributed by atoms with Crippen molar-refractivity contribution < 1.29 is 9.90 Å². The SMILES string of the molecule is CN1CCc2cc(Br)cc(C(=O)O)c21. The summed E-state index contributed by atoms with van der Waals surface area (Å²) in [6.45, 7) is 0.895. The first-order valence-corrected chi connectivity index (χ1v) is 5.16. The van der Waals surface area contributed by atoms with Gasteiger partial charge in [-0.05, 0) is 24.1 Å². The maximum Gasteiger partial charge on any atom is 0.337 e. The van der Waals surface area contributed by atoms with E-state index in [9.17, 15) is 4.79 Å². The highest BCUT2D eigenvalue weighted by Gasteiger charge is 2.23. The predicted molar refractivity (Wildman–Crippen MR) is 58.1 cm³/mol. The molecule has 1 heterocycles. The van der Waals surface area contributed by atoms with Crippen molar-refractivity contribution in [1.29, 1.82) is 0 Å². The standard InChI is InChI=1S/C10H10BrNO2/c1-12-3-2-6-4-7(11)5-8(9(6)12)10(13)14/h4-5H,2-3H2,1H3,(H,13,14). The van der Waals surface area contributed by atoms with Crippen LogP contribution in [-0.2, 0) is 6.42 Å². The maximum absolute atomic E-state index is 11.0. The molecule has 0 amide bonds. The number of carbonyl (C=O) groups is 1. The number of hydrogen-bond donors (Lipinski definition) is 1. The van der Waals surface area contributed by atoms with Crippen LogP contribution in [0.1, 0.15) is 15.9 Å². The average molecular weight is 256 g/mol. The lowest BCUT2D eigenvalue weighted by Crippen LogP contribution is -2.15. The monoisotopic (exact) mass is 255 g/mol. The summed E-state index contributed by atoms with van der Waals surface area (Å²) in [7, 11) is 1.92. The maximum atomic E-state index is 11.0. The van der Waals surface area contributed by atoms with Crippen LogP contribution in [0, 0.1) is 0 Å². The first-order valence-electron chi connectivity index (χ1n) is 4.36. The summed E-state index contributed by atoms with van der Waals surface area (Å²) in [4.78, 5) is 13.0. The van der Waals surface area contributed by atoms with E-state index < -0.39 is 5.97 Å². The van der Waals surface area contributed by atoms with Crippen LogP contribution in [0.15, 0.2) is 16.6 Å². The Morgan fingerprint density at radius 2 is 2.29 bits per heavy atom. The zero-order chi connectivity index (χ0) is 10.3. The summed E-state index contributed by atoms with van der Waals surface area (Å²) in [5.41, 5.74) is 2.36. The Morgan fingerprint density at radius 1 is 1.57 bits per heavy atom. The molecule has 0 radical (unpaired) electrons. The van der Waals surface area contributed by atoms with Crippen LogP contribution in [0.25, 0.3) is 0 Å². The van der Waals surface area contributed by atoms with E-state index in [4.69, 9.17) is 5.11 Å². The molecule has 1 aliphatic heterocycles. The Morgan fingerprint density at radius 3 is 2.93 bits per heavy atom. The fraction of sp³-hybridized carbons (Fsp3) is 0.300. The number of carboxylic acid groups (broad SMARTS) is 1. The zero-order valence-electron chi connectivity index (χ0n) is 7.75. The molecule has 0 spiro atoms. The molecule has 0 unspecified atom stereocenters. The van der Waals surface area contributed by atoms with Crippen LogP contribution in [0.3, 0.4) is 0 Å². The molecule has 1 aliphatic rings. The van der Waals surface area contributed by atoms with Crippen LogP contribution in [-0.4, -0.2) is 24.7 Å². The van der Waals surface area contributed by atoms with E-state index in [1.54, 1.807) is 6.07 Å². The van der Waals surface area contributed by atoms with Crippen molar-refractivity contribution >= 4 is 27.6 Å². The van der Waals surface area contributed by atoms with Gasteiger partial charge in [0.2, 0.25) is 0 Å². The van der Waals surface area contributed by atoms with Crippen molar-refractivity contribution in [1.82, 2.24) is 0 Å². The normalized spacial score (nSPS) is 14.3. The number of likely N-dealkylation sites (N-methyl/N-ethyl adjacent to an activating group) is 1. The van der Waals surface area contributed by atoms with Crippen molar-refractivity contribution in [3.63, 3.8) is 0 Å². The molecule has 74 valence electrons. The van der Waals surface area contributed by atoms with Gasteiger partial charge < -0.3 is 10.0 Å². The second-order valence-corrected chi connectivity index (χ2v) is 4.35. The van der Waals surface area contributed by atoms with E-state index in [1.807, 2.05) is 18.0 Å². The van der Waals surface area contributed by atoms with Gasteiger partial charge in [-0.1, -0.05) is 15.9 Å². The summed E-state index contributed by atoms with van der Waals surface area (Å²) < 4.78 is 0.837. The largest absolute Gasteiger partial charge is 0.478 e. The summed E-state index contributed by atoms with van der Waals surface area (Å²) in [6.07, 6.45) is 0.922. The molecule has 14 heavy (non-hydrogen) atoms. The second kappa shape index (κ2) is 3.28. The molecule has 0 saturated carbocycles. The summed E-state index contributed by atoms with van der Waals surface area (Å²) in [5.74, 6) is -0.865. The molecule has 1 N–H and O–H groups in total. The van der Waals surface area contributed by atoms with E-state index in [2.05, 4.69) is 15.9 Å². The number of rotatable bonds is 1. The number of aromatic carboxylic acids is 1. The van der Waals surface area contributed by atoms with Gasteiger partial charge in [0.1, 0.15) is 0 Å². The van der Waals surface area contributed by atoms with Crippen molar-refractivity contribution in [3.05, 3.63) is 27.7 Å². The van der Waals surface area contributed by atoms with Gasteiger partial charge in [-0.15, -0.1) is 0 Å². The van der Waals surface area contributed by atoms with Gasteiger partial charge in [0.05, 0.1) is 11.3 Å². The minimum absolute atomic E-state index is 0.384. The highest BCUT2D eigenvalue weighted by molar-refractivity contribution is 9.10. The van der Waals surface area contributed by atoms with Gasteiger partial charge in [-0.25, -0.2) is 4.79 Å². The van der Waals surface area contributed by atoms with E-state index >= 15 is 0 Å². The number of carboxylic acids is 1. The molecule has 2 rings (SSSR count). The lowest BCUT2D eigenvalue weighted by atomic mass is 10.1. The van der Waals surface area contributed by atoms with Crippen LogP contribution in [0.5, 0.6) is 0 Å². The molecule has 3 nitrogen and oxygen atoms in total. The number of halogens is 1. The lowest BCUT2D eigenvalue weighted by molar-refractivity contribution is 0.0697. The van der Waals surface area contributed by atoms with Gasteiger partial charge in [-0.2, -0.15) is 0 Å². The number of benzene rings is 1. The highest BCUT2D eigenvalue weighted by atomic mass is 79.9. The third kappa shape index (κ3) is 1.39. The van der Waals surface area contributed by atoms with Gasteiger partial charge in [0.15, 0.2) is 0 Å². The third-order valence-corrected chi connectivity index (χ3v) is 2.94. The number of fused-ring (bicyclic) bond motifs is 1. The third-order valence-electron chi connectivity index (χ3n) is 2.48. The molecule has 0 aromatic heterocycles. The van der Waals surface area contributed by atoms with E-state index in [1.165, 1.54) is 0 Å². The molecule has 0 fully saturated rings. The first kappa shape index (κ1) is 9.52. The van der Waals surface area contributed by atoms with Crippen molar-refractivity contribution in [3.8, 4) is 0 Å². The predicted octanol–water partition coefficient (Wildman–Crippen LogP) is 2.14. The Balaban J connectivity index is 2.65. The Hall–Kier alpha value is -1.03. The van der Waals surface area contributed by atoms with Crippen molar-refractivity contribution in [2.24, 2.45) is 0 Å². The molecular formula is C10H10BrNO2. The first-order chi connectivity index (χ1) is 6.59. The summed E-state index contributed by atoms with van der Waals surface area (Å²) >= 11 is 3.32. The molecule has 0 aliphatic carbocycles. The van der Waals surface area contributed by atoms with E-state index in [0.717, 1.165) is 28.7 Å².